The quantitative estimate of drug-likeness (QED) is 0.566. The predicted octanol–water partition coefficient (Wildman–Crippen LogP) is 3.07. The maximum Gasteiger partial charge on any atom is 0.416 e. The molecular formula is C22H32F3N3O4S. The summed E-state index contributed by atoms with van der Waals surface area (Å²) in [6, 6.07) is 3.48. The maximum atomic E-state index is 13.1. The average molecular weight is 492 g/mol. The van der Waals surface area contributed by atoms with Gasteiger partial charge in [0.05, 0.1) is 22.2 Å². The highest BCUT2D eigenvalue weighted by atomic mass is 32.2. The van der Waals surface area contributed by atoms with Crippen molar-refractivity contribution in [1.82, 2.24) is 14.5 Å². The molecule has 0 bridgehead atoms. The van der Waals surface area contributed by atoms with Crippen LogP contribution in [-0.4, -0.2) is 68.6 Å². The number of carbonyl (C=O) groups excluding carboxylic acids is 1. The molecule has 0 saturated carbocycles. The van der Waals surface area contributed by atoms with Crippen LogP contribution in [0.1, 0.15) is 45.1 Å². The molecular weight excluding hydrogens is 459 g/mol. The summed E-state index contributed by atoms with van der Waals surface area (Å²) in [4.78, 5) is 14.6. The first-order chi connectivity index (χ1) is 15.4. The molecule has 2 aliphatic rings. The molecule has 0 aromatic heterocycles. The van der Waals surface area contributed by atoms with Gasteiger partial charge in [-0.15, -0.1) is 0 Å². The molecule has 33 heavy (non-hydrogen) atoms. The predicted molar refractivity (Wildman–Crippen MR) is 117 cm³/mol. The normalized spacial score (nSPS) is 22.0. The minimum atomic E-state index is -4.63. The molecule has 7 nitrogen and oxygen atoms in total. The van der Waals surface area contributed by atoms with Gasteiger partial charge in [0.25, 0.3) is 0 Å². The second-order valence-electron chi connectivity index (χ2n) is 9.12. The van der Waals surface area contributed by atoms with E-state index in [4.69, 9.17) is 4.74 Å². The lowest BCUT2D eigenvalue weighted by atomic mass is 9.97. The van der Waals surface area contributed by atoms with Gasteiger partial charge in [0.2, 0.25) is 15.9 Å². The lowest BCUT2D eigenvalue weighted by Gasteiger charge is -2.44. The maximum absolute atomic E-state index is 13.1. The lowest BCUT2D eigenvalue weighted by molar-refractivity contribution is -0.137. The molecule has 186 valence electrons. The number of amides is 1. The minimum absolute atomic E-state index is 0.00832. The molecule has 2 saturated heterocycles. The van der Waals surface area contributed by atoms with Gasteiger partial charge in [-0.2, -0.15) is 17.5 Å². The van der Waals surface area contributed by atoms with E-state index >= 15 is 0 Å². The smallest absolute Gasteiger partial charge is 0.385 e. The molecule has 1 aromatic rings. The fourth-order valence-electron chi connectivity index (χ4n) is 4.68. The van der Waals surface area contributed by atoms with Gasteiger partial charge in [0, 0.05) is 33.4 Å². The Hall–Kier alpha value is -1.69. The van der Waals surface area contributed by atoms with Gasteiger partial charge in [0.1, 0.15) is 0 Å². The fourth-order valence-corrected chi connectivity index (χ4v) is 6.17. The number of hydrogen-bond acceptors (Lipinski definition) is 5. The molecule has 0 unspecified atom stereocenters. The zero-order valence-corrected chi connectivity index (χ0v) is 20.0. The van der Waals surface area contributed by atoms with Crippen molar-refractivity contribution in [2.75, 3.05) is 33.4 Å². The number of alkyl halides is 3. The van der Waals surface area contributed by atoms with Crippen molar-refractivity contribution >= 4 is 15.9 Å². The van der Waals surface area contributed by atoms with Crippen molar-refractivity contribution < 1.29 is 31.1 Å². The summed E-state index contributed by atoms with van der Waals surface area (Å²) in [5, 5.41) is 3.47. The van der Waals surface area contributed by atoms with E-state index < -0.39 is 27.4 Å². The second-order valence-corrected chi connectivity index (χ2v) is 11.1. The summed E-state index contributed by atoms with van der Waals surface area (Å²) in [5.41, 5.74) is -1.66. The average Bonchev–Trinajstić information content (AvgIpc) is 2.98. The summed E-state index contributed by atoms with van der Waals surface area (Å²) in [6.45, 7) is 5.29. The third-order valence-electron chi connectivity index (χ3n) is 6.31. The van der Waals surface area contributed by atoms with Crippen LogP contribution < -0.4 is 5.32 Å². The van der Waals surface area contributed by atoms with Crippen LogP contribution in [0.25, 0.3) is 0 Å². The Balaban J connectivity index is 1.78. The van der Waals surface area contributed by atoms with Crippen LogP contribution >= 0.6 is 0 Å². The van der Waals surface area contributed by atoms with E-state index in [9.17, 15) is 26.4 Å². The summed E-state index contributed by atoms with van der Waals surface area (Å²) < 4.78 is 71.7. The molecule has 3 rings (SSSR count). The van der Waals surface area contributed by atoms with E-state index in [-0.39, 0.29) is 29.9 Å². The Labute approximate surface area is 193 Å². The molecule has 2 aliphatic heterocycles. The summed E-state index contributed by atoms with van der Waals surface area (Å²) in [5.74, 6) is 0.317. The van der Waals surface area contributed by atoms with Gasteiger partial charge in [-0.25, -0.2) is 8.42 Å². The van der Waals surface area contributed by atoms with Crippen LogP contribution in [0.15, 0.2) is 29.2 Å². The van der Waals surface area contributed by atoms with Crippen LogP contribution in [0.5, 0.6) is 0 Å². The van der Waals surface area contributed by atoms with E-state index in [0.717, 1.165) is 12.1 Å². The van der Waals surface area contributed by atoms with Crippen molar-refractivity contribution in [2.24, 2.45) is 5.92 Å². The monoisotopic (exact) mass is 491 g/mol. The molecule has 2 heterocycles. The molecule has 0 radical (unpaired) electrons. The van der Waals surface area contributed by atoms with E-state index in [1.54, 1.807) is 7.11 Å². The number of nitrogens with zero attached hydrogens (tertiary/aromatic N) is 2. The Bertz CT molecular complexity index is 944. The molecule has 1 aromatic carbocycles. The van der Waals surface area contributed by atoms with Crippen molar-refractivity contribution in [3.05, 3.63) is 29.8 Å². The highest BCUT2D eigenvalue weighted by molar-refractivity contribution is 7.89. The molecule has 1 atom stereocenters. The standard InChI is InChI=1S/C22H32F3N3O4S/c1-16(2)14-19-20(29)28(10-5-13-32-3)21(26-19)8-11-27(12-9-21)33(30,31)18-7-4-6-17(15-18)22(23,24)25/h4,6-7,15-16,19,26H,5,8-14H2,1-3H3/t19-/m1/s1. The number of carbonyl (C=O) groups is 1. The van der Waals surface area contributed by atoms with E-state index in [2.05, 4.69) is 5.32 Å². The Morgan fingerprint density at radius 2 is 1.91 bits per heavy atom. The number of sulfonamides is 1. The summed E-state index contributed by atoms with van der Waals surface area (Å²) >= 11 is 0. The highest BCUT2D eigenvalue weighted by Gasteiger charge is 2.52. The van der Waals surface area contributed by atoms with Gasteiger partial charge < -0.3 is 9.64 Å². The van der Waals surface area contributed by atoms with E-state index in [1.807, 2.05) is 18.7 Å². The van der Waals surface area contributed by atoms with Crippen molar-refractivity contribution in [3.63, 3.8) is 0 Å². The SMILES string of the molecule is COCCCN1C(=O)[C@@H](CC(C)C)NC12CCN(S(=O)(=O)c1cccc(C(F)(F)F)c1)CC2. The molecule has 11 heteroatoms. The fraction of sp³-hybridized carbons (Fsp3) is 0.682. The van der Waals surface area contributed by atoms with Gasteiger partial charge in [-0.05, 0) is 49.8 Å². The highest BCUT2D eigenvalue weighted by Crippen LogP contribution is 2.36. The minimum Gasteiger partial charge on any atom is -0.385 e. The van der Waals surface area contributed by atoms with Crippen molar-refractivity contribution in [3.8, 4) is 0 Å². The number of benzene rings is 1. The lowest BCUT2D eigenvalue weighted by Crippen LogP contribution is -2.59. The van der Waals surface area contributed by atoms with E-state index in [0.29, 0.717) is 50.8 Å². The number of methoxy groups -OCH3 is 1. The Kier molecular flexibility index (Phi) is 7.77. The number of ether oxygens (including phenoxy) is 1. The van der Waals surface area contributed by atoms with Crippen LogP contribution in [0.2, 0.25) is 0 Å². The Morgan fingerprint density at radius 3 is 2.48 bits per heavy atom. The van der Waals surface area contributed by atoms with Crippen molar-refractivity contribution in [2.45, 2.75) is 62.3 Å². The molecule has 1 amide bonds. The molecule has 1 N–H and O–H groups in total. The summed E-state index contributed by atoms with van der Waals surface area (Å²) in [6.07, 6.45) is -2.57. The van der Waals surface area contributed by atoms with Crippen LogP contribution in [0.4, 0.5) is 13.2 Å². The van der Waals surface area contributed by atoms with Gasteiger partial charge in [0.15, 0.2) is 0 Å². The number of nitrogens with one attached hydrogen (secondary N) is 1. The van der Waals surface area contributed by atoms with E-state index in [1.165, 1.54) is 10.4 Å². The number of piperidine rings is 1. The van der Waals surface area contributed by atoms with Crippen molar-refractivity contribution in [1.29, 1.82) is 0 Å². The van der Waals surface area contributed by atoms with Crippen LogP contribution in [-0.2, 0) is 25.7 Å². The van der Waals surface area contributed by atoms with Crippen LogP contribution in [0, 0.1) is 5.92 Å². The van der Waals surface area contributed by atoms with Gasteiger partial charge in [-0.3, -0.25) is 10.1 Å². The molecule has 1 spiro atoms. The van der Waals surface area contributed by atoms with Crippen LogP contribution in [0.3, 0.4) is 0 Å². The Morgan fingerprint density at radius 1 is 1.24 bits per heavy atom. The first-order valence-corrected chi connectivity index (χ1v) is 12.6. The first kappa shape index (κ1) is 25.9. The first-order valence-electron chi connectivity index (χ1n) is 11.2. The third-order valence-corrected chi connectivity index (χ3v) is 8.20. The van der Waals surface area contributed by atoms with Gasteiger partial charge in [-0.1, -0.05) is 19.9 Å². The molecule has 0 aliphatic carbocycles. The zero-order chi connectivity index (χ0) is 24.4. The largest absolute Gasteiger partial charge is 0.416 e. The number of hydrogen-bond donors (Lipinski definition) is 1. The van der Waals surface area contributed by atoms with Gasteiger partial charge >= 0.3 is 6.18 Å². The third kappa shape index (κ3) is 5.52. The zero-order valence-electron chi connectivity index (χ0n) is 19.2. The second kappa shape index (κ2) is 9.89. The summed E-state index contributed by atoms with van der Waals surface area (Å²) in [7, 11) is -2.50. The number of rotatable bonds is 8. The molecule has 2 fully saturated rings. The number of halogens is 3. The topological polar surface area (TPSA) is 79.0 Å².